The fourth-order valence-electron chi connectivity index (χ4n) is 4.13. The predicted octanol–water partition coefficient (Wildman–Crippen LogP) is 5.01. The van der Waals surface area contributed by atoms with Crippen LogP contribution in [0.3, 0.4) is 0 Å². The van der Waals surface area contributed by atoms with Crippen molar-refractivity contribution in [1.29, 1.82) is 0 Å². The molecule has 9 heteroatoms. The molecule has 0 bridgehead atoms. The van der Waals surface area contributed by atoms with Gasteiger partial charge in [0.1, 0.15) is 16.8 Å². The highest BCUT2D eigenvalue weighted by molar-refractivity contribution is 8.15. The highest BCUT2D eigenvalue weighted by Crippen LogP contribution is 2.38. The average molecular weight is 503 g/mol. The molecule has 1 N–H and O–H groups in total. The Bertz CT molecular complexity index is 1340. The van der Waals surface area contributed by atoms with Crippen LogP contribution < -0.4 is 10.1 Å². The van der Waals surface area contributed by atoms with E-state index in [0.717, 1.165) is 22.6 Å². The summed E-state index contributed by atoms with van der Waals surface area (Å²) in [6.45, 7) is 0. The first-order chi connectivity index (χ1) is 17.5. The van der Waals surface area contributed by atoms with Crippen molar-refractivity contribution in [1.82, 2.24) is 5.01 Å². The summed E-state index contributed by atoms with van der Waals surface area (Å²) < 4.78 is 18.7. The molecule has 7 nitrogen and oxygen atoms in total. The summed E-state index contributed by atoms with van der Waals surface area (Å²) in [5.41, 5.74) is 3.22. The number of carbonyl (C=O) groups excluding carboxylic acids is 2. The van der Waals surface area contributed by atoms with Gasteiger partial charge in [-0.1, -0.05) is 48.2 Å². The maximum Gasteiger partial charge on any atom is 0.262 e. The van der Waals surface area contributed by atoms with Crippen molar-refractivity contribution in [2.75, 3.05) is 12.4 Å². The van der Waals surface area contributed by atoms with Gasteiger partial charge in [0, 0.05) is 18.5 Å². The number of methoxy groups -OCH3 is 1. The standard InChI is InChI=1S/C27H23FN4O3S/c1-35-21-12-10-17(11-13-21)22-15-23(18-6-3-2-4-7-18)32(31-22)27-30-26(34)24(36-27)16-25(33)29-20-9-5-8-19(28)14-20/h2-14,23-24H,15-16H2,1H3,(H,29,33). The van der Waals surface area contributed by atoms with Gasteiger partial charge >= 0.3 is 0 Å². The van der Waals surface area contributed by atoms with Gasteiger partial charge in [-0.05, 0) is 53.6 Å². The summed E-state index contributed by atoms with van der Waals surface area (Å²) in [5, 5.41) is 9.05. The van der Waals surface area contributed by atoms with Crippen molar-refractivity contribution in [3.8, 4) is 5.75 Å². The molecule has 182 valence electrons. The number of thioether (sulfide) groups is 1. The van der Waals surface area contributed by atoms with Crippen molar-refractivity contribution >= 4 is 40.1 Å². The quantitative estimate of drug-likeness (QED) is 0.512. The van der Waals surface area contributed by atoms with Crippen LogP contribution in [0.5, 0.6) is 5.75 Å². The van der Waals surface area contributed by atoms with Crippen LogP contribution in [0, 0.1) is 5.82 Å². The number of ether oxygens (including phenoxy) is 1. The zero-order chi connectivity index (χ0) is 25.1. The topological polar surface area (TPSA) is 83.4 Å². The van der Waals surface area contributed by atoms with E-state index in [1.165, 1.54) is 30.0 Å². The number of aliphatic imine (C=N–C) groups is 1. The van der Waals surface area contributed by atoms with Crippen molar-refractivity contribution in [2.24, 2.45) is 10.1 Å². The molecule has 3 aromatic carbocycles. The summed E-state index contributed by atoms with van der Waals surface area (Å²) in [5.74, 6) is -0.457. The first kappa shape index (κ1) is 23.7. The minimum atomic E-state index is -0.676. The van der Waals surface area contributed by atoms with Gasteiger partial charge in [-0.15, -0.1) is 0 Å². The number of halogens is 1. The number of nitrogens with one attached hydrogen (secondary N) is 1. The number of anilines is 1. The third-order valence-electron chi connectivity index (χ3n) is 5.92. The highest BCUT2D eigenvalue weighted by atomic mass is 32.2. The van der Waals surface area contributed by atoms with Crippen LogP contribution in [0.2, 0.25) is 0 Å². The monoisotopic (exact) mass is 502 g/mol. The lowest BCUT2D eigenvalue weighted by atomic mass is 9.98. The minimum absolute atomic E-state index is 0.0775. The molecule has 2 amide bonds. The smallest absolute Gasteiger partial charge is 0.262 e. The van der Waals surface area contributed by atoms with E-state index in [4.69, 9.17) is 9.84 Å². The number of amidine groups is 1. The number of hydrogen-bond acceptors (Lipinski definition) is 6. The normalized spacial score (nSPS) is 19.2. The molecule has 36 heavy (non-hydrogen) atoms. The van der Waals surface area contributed by atoms with Gasteiger partial charge in [0.25, 0.3) is 5.91 Å². The molecule has 2 atom stereocenters. The number of amides is 2. The van der Waals surface area contributed by atoms with E-state index in [2.05, 4.69) is 10.3 Å². The first-order valence-corrected chi connectivity index (χ1v) is 12.3. The fourth-order valence-corrected chi connectivity index (χ4v) is 5.19. The fraction of sp³-hybridized carbons (Fsp3) is 0.185. The Labute approximate surface area is 212 Å². The highest BCUT2D eigenvalue weighted by Gasteiger charge is 2.39. The Morgan fingerprint density at radius 1 is 1.11 bits per heavy atom. The Morgan fingerprint density at radius 3 is 2.61 bits per heavy atom. The SMILES string of the molecule is COc1ccc(C2=NN(C3=NC(=O)C(CC(=O)Nc4cccc(F)c4)S3)C(c3ccccc3)C2)cc1. The molecule has 0 aromatic heterocycles. The summed E-state index contributed by atoms with van der Waals surface area (Å²) in [7, 11) is 1.62. The molecule has 0 saturated heterocycles. The van der Waals surface area contributed by atoms with E-state index < -0.39 is 11.1 Å². The third-order valence-corrected chi connectivity index (χ3v) is 7.06. The van der Waals surface area contributed by atoms with Crippen LogP contribution in [-0.2, 0) is 9.59 Å². The predicted molar refractivity (Wildman–Crippen MR) is 139 cm³/mol. The number of hydrogen-bond donors (Lipinski definition) is 1. The zero-order valence-electron chi connectivity index (χ0n) is 19.4. The summed E-state index contributed by atoms with van der Waals surface area (Å²) in [6, 6.07) is 23.1. The Balaban J connectivity index is 1.34. The lowest BCUT2D eigenvalue weighted by Gasteiger charge is -2.23. The van der Waals surface area contributed by atoms with Crippen LogP contribution in [0.15, 0.2) is 89.0 Å². The number of carbonyl (C=O) groups is 2. The minimum Gasteiger partial charge on any atom is -0.497 e. The molecule has 5 rings (SSSR count). The molecular formula is C27H23FN4O3S. The second-order valence-corrected chi connectivity index (χ2v) is 9.52. The summed E-state index contributed by atoms with van der Waals surface area (Å²) in [4.78, 5) is 29.5. The molecule has 2 aliphatic rings. The molecule has 3 aromatic rings. The number of rotatable bonds is 6. The van der Waals surface area contributed by atoms with Gasteiger partial charge in [-0.25, -0.2) is 9.40 Å². The van der Waals surface area contributed by atoms with Crippen molar-refractivity contribution < 1.29 is 18.7 Å². The lowest BCUT2D eigenvalue weighted by Crippen LogP contribution is -2.25. The van der Waals surface area contributed by atoms with Crippen molar-refractivity contribution in [3.63, 3.8) is 0 Å². The van der Waals surface area contributed by atoms with Crippen LogP contribution in [0.25, 0.3) is 0 Å². The third kappa shape index (κ3) is 5.16. The molecule has 2 aliphatic heterocycles. The Kier molecular flexibility index (Phi) is 6.81. The molecule has 0 fully saturated rings. The molecule has 0 radical (unpaired) electrons. The Hall–Kier alpha value is -3.98. The van der Waals surface area contributed by atoms with E-state index in [1.807, 2.05) is 54.6 Å². The second-order valence-electron chi connectivity index (χ2n) is 8.35. The van der Waals surface area contributed by atoms with Gasteiger partial charge in [0.05, 0.1) is 18.9 Å². The van der Waals surface area contributed by atoms with Crippen molar-refractivity contribution in [3.05, 3.63) is 95.8 Å². The lowest BCUT2D eigenvalue weighted by molar-refractivity contribution is -0.121. The van der Waals surface area contributed by atoms with E-state index in [-0.39, 0.29) is 24.3 Å². The maximum absolute atomic E-state index is 13.4. The van der Waals surface area contributed by atoms with Crippen LogP contribution in [0.4, 0.5) is 10.1 Å². The van der Waals surface area contributed by atoms with Gasteiger partial charge in [-0.3, -0.25) is 9.59 Å². The molecule has 0 saturated carbocycles. The van der Waals surface area contributed by atoms with Gasteiger partial charge in [0.15, 0.2) is 5.17 Å². The van der Waals surface area contributed by atoms with E-state index in [0.29, 0.717) is 17.3 Å². The first-order valence-electron chi connectivity index (χ1n) is 11.4. The molecule has 0 spiro atoms. The van der Waals surface area contributed by atoms with Gasteiger partial charge in [-0.2, -0.15) is 10.1 Å². The van der Waals surface area contributed by atoms with Crippen molar-refractivity contribution in [2.45, 2.75) is 24.1 Å². The summed E-state index contributed by atoms with van der Waals surface area (Å²) in [6.07, 6.45) is 0.556. The maximum atomic E-state index is 13.4. The second kappa shape index (κ2) is 10.3. The average Bonchev–Trinajstić information content (AvgIpc) is 3.48. The van der Waals surface area contributed by atoms with E-state index in [1.54, 1.807) is 18.2 Å². The van der Waals surface area contributed by atoms with E-state index in [9.17, 15) is 14.0 Å². The molecule has 2 unspecified atom stereocenters. The molecule has 0 aliphatic carbocycles. The summed E-state index contributed by atoms with van der Waals surface area (Å²) >= 11 is 1.22. The largest absolute Gasteiger partial charge is 0.497 e. The van der Waals surface area contributed by atoms with Crippen LogP contribution in [0.1, 0.15) is 30.0 Å². The molecular weight excluding hydrogens is 479 g/mol. The number of benzene rings is 3. The van der Waals surface area contributed by atoms with Gasteiger partial charge in [0.2, 0.25) is 5.91 Å². The van der Waals surface area contributed by atoms with Crippen LogP contribution >= 0.6 is 11.8 Å². The molecule has 2 heterocycles. The van der Waals surface area contributed by atoms with Crippen LogP contribution in [-0.4, -0.2) is 40.1 Å². The number of hydrazone groups is 1. The number of nitrogens with zero attached hydrogens (tertiary/aromatic N) is 3. The Morgan fingerprint density at radius 2 is 1.89 bits per heavy atom. The van der Waals surface area contributed by atoms with E-state index >= 15 is 0 Å². The van der Waals surface area contributed by atoms with Gasteiger partial charge < -0.3 is 10.1 Å². The zero-order valence-corrected chi connectivity index (χ0v) is 20.2.